The van der Waals surface area contributed by atoms with Gasteiger partial charge in [0.15, 0.2) is 0 Å². The lowest BCUT2D eigenvalue weighted by molar-refractivity contribution is 0.00345. The van der Waals surface area contributed by atoms with E-state index in [1.54, 1.807) is 13.3 Å². The van der Waals surface area contributed by atoms with E-state index in [4.69, 9.17) is 4.74 Å². The molecule has 1 saturated heterocycles. The lowest BCUT2D eigenvalue weighted by Gasteiger charge is -2.36. The molecule has 1 aromatic carbocycles. The minimum Gasteiger partial charge on any atom is -0.379 e. The number of aromatic nitrogens is 3. The first-order chi connectivity index (χ1) is 16.8. The summed E-state index contributed by atoms with van der Waals surface area (Å²) in [7, 11) is 1.76. The summed E-state index contributed by atoms with van der Waals surface area (Å²) < 4.78 is 7.58. The van der Waals surface area contributed by atoms with Gasteiger partial charge < -0.3 is 14.6 Å². The maximum atomic E-state index is 13.6. The normalized spacial score (nSPS) is 17.7. The SMILES string of the molecule is COC(C)(C)CCN1CCN(C(=O)c2cc3c(cc2C)[nH]c(=O)c2cnn(C4CCCC4)c23)CC1.Cl. The largest absolute Gasteiger partial charge is 0.379 e. The van der Waals surface area contributed by atoms with Gasteiger partial charge in [0, 0.05) is 50.8 Å². The molecule has 1 N–H and O–H groups in total. The van der Waals surface area contributed by atoms with Gasteiger partial charge in [-0.05, 0) is 57.7 Å². The van der Waals surface area contributed by atoms with Crippen molar-refractivity contribution in [2.24, 2.45) is 0 Å². The van der Waals surface area contributed by atoms with E-state index in [9.17, 15) is 9.59 Å². The number of ether oxygens (including phenoxy) is 1. The van der Waals surface area contributed by atoms with Crippen molar-refractivity contribution >= 4 is 40.1 Å². The number of halogens is 1. The van der Waals surface area contributed by atoms with Gasteiger partial charge in [0.2, 0.25) is 0 Å². The summed E-state index contributed by atoms with van der Waals surface area (Å²) in [5, 5.41) is 6.11. The number of aromatic amines is 1. The third-order valence-electron chi connectivity index (χ3n) is 8.05. The fraction of sp³-hybridized carbons (Fsp3) is 0.593. The number of nitrogens with zero attached hydrogens (tertiary/aromatic N) is 4. The summed E-state index contributed by atoms with van der Waals surface area (Å²) in [6.45, 7) is 10.3. The molecule has 8 nitrogen and oxygen atoms in total. The lowest BCUT2D eigenvalue weighted by Crippen LogP contribution is -2.49. The molecule has 1 amide bonds. The molecule has 2 aliphatic rings. The highest BCUT2D eigenvalue weighted by atomic mass is 35.5. The van der Waals surface area contributed by atoms with E-state index in [0.29, 0.717) is 30.1 Å². The second-order valence-electron chi connectivity index (χ2n) is 10.8. The molecule has 1 aliphatic heterocycles. The summed E-state index contributed by atoms with van der Waals surface area (Å²) in [6, 6.07) is 4.23. The van der Waals surface area contributed by atoms with Gasteiger partial charge in [-0.15, -0.1) is 12.4 Å². The van der Waals surface area contributed by atoms with Gasteiger partial charge in [0.25, 0.3) is 11.5 Å². The number of nitrogens with one attached hydrogen (secondary N) is 1. The average Bonchev–Trinajstić information content (AvgIpc) is 3.53. The number of carbonyl (C=O) groups excluding carboxylic acids is 1. The summed E-state index contributed by atoms with van der Waals surface area (Å²) >= 11 is 0. The van der Waals surface area contributed by atoms with Crippen LogP contribution in [0.15, 0.2) is 23.1 Å². The topological polar surface area (TPSA) is 83.5 Å². The zero-order valence-electron chi connectivity index (χ0n) is 21.8. The van der Waals surface area contributed by atoms with Gasteiger partial charge in [-0.1, -0.05) is 12.8 Å². The first kappa shape index (κ1) is 26.6. The number of hydrogen-bond acceptors (Lipinski definition) is 5. The minimum absolute atomic E-state index is 0. The Labute approximate surface area is 218 Å². The number of rotatable bonds is 6. The van der Waals surface area contributed by atoms with Gasteiger partial charge in [-0.2, -0.15) is 5.10 Å². The van der Waals surface area contributed by atoms with Crippen LogP contribution in [0.3, 0.4) is 0 Å². The van der Waals surface area contributed by atoms with E-state index in [1.807, 2.05) is 28.6 Å². The van der Waals surface area contributed by atoms with Crippen molar-refractivity contribution in [2.75, 3.05) is 39.8 Å². The second kappa shape index (κ2) is 10.5. The van der Waals surface area contributed by atoms with Crippen LogP contribution in [0.4, 0.5) is 0 Å². The Bertz CT molecular complexity index is 1300. The monoisotopic (exact) mass is 515 g/mol. The van der Waals surface area contributed by atoms with Gasteiger partial charge in [-0.3, -0.25) is 19.2 Å². The fourth-order valence-corrected chi connectivity index (χ4v) is 5.52. The van der Waals surface area contributed by atoms with E-state index in [-0.39, 0.29) is 29.5 Å². The predicted molar refractivity (Wildman–Crippen MR) is 145 cm³/mol. The Hall–Kier alpha value is -2.42. The van der Waals surface area contributed by atoms with Crippen LogP contribution < -0.4 is 5.56 Å². The highest BCUT2D eigenvalue weighted by Crippen LogP contribution is 2.34. The van der Waals surface area contributed by atoms with Crippen LogP contribution in [0.1, 0.15) is 67.9 Å². The average molecular weight is 516 g/mol. The molecule has 36 heavy (non-hydrogen) atoms. The molecular formula is C27H38ClN5O3. The summed E-state index contributed by atoms with van der Waals surface area (Å²) in [5.74, 6) is 0.0625. The van der Waals surface area contributed by atoms with E-state index in [0.717, 1.165) is 60.9 Å². The van der Waals surface area contributed by atoms with Crippen molar-refractivity contribution < 1.29 is 9.53 Å². The Morgan fingerprint density at radius 1 is 1.14 bits per heavy atom. The highest BCUT2D eigenvalue weighted by molar-refractivity contribution is 6.07. The zero-order valence-corrected chi connectivity index (χ0v) is 22.6. The molecule has 1 aliphatic carbocycles. The van der Waals surface area contributed by atoms with Crippen LogP contribution in [-0.2, 0) is 4.74 Å². The Kier molecular flexibility index (Phi) is 7.78. The molecule has 0 unspecified atom stereocenters. The van der Waals surface area contributed by atoms with Gasteiger partial charge in [0.1, 0.15) is 0 Å². The van der Waals surface area contributed by atoms with Crippen LogP contribution in [0, 0.1) is 6.92 Å². The van der Waals surface area contributed by atoms with Crippen LogP contribution in [0.25, 0.3) is 21.8 Å². The molecule has 1 saturated carbocycles. The van der Waals surface area contributed by atoms with E-state index in [1.165, 1.54) is 12.8 Å². The van der Waals surface area contributed by atoms with Crippen LogP contribution in [0.5, 0.6) is 0 Å². The molecule has 2 fully saturated rings. The predicted octanol–water partition coefficient (Wildman–Crippen LogP) is 4.30. The molecule has 2 aromatic heterocycles. The third kappa shape index (κ3) is 5.04. The molecule has 0 radical (unpaired) electrons. The number of pyridine rings is 1. The number of fused-ring (bicyclic) bond motifs is 3. The van der Waals surface area contributed by atoms with Crippen LogP contribution >= 0.6 is 12.4 Å². The standard InChI is InChI=1S/C27H37N5O3.ClH/c1-18-15-23-21(24-22(25(33)29-23)17-28-32(24)19-7-5-6-8-19)16-20(18)26(34)31-13-11-30(12-14-31)10-9-27(2,3)35-4;/h15-17,19H,5-14H2,1-4H3,(H,29,33);1H. The molecule has 9 heteroatoms. The molecule has 3 aromatic rings. The fourth-order valence-electron chi connectivity index (χ4n) is 5.52. The maximum Gasteiger partial charge on any atom is 0.259 e. The lowest BCUT2D eigenvalue weighted by atomic mass is 10.0. The first-order valence-corrected chi connectivity index (χ1v) is 12.9. The highest BCUT2D eigenvalue weighted by Gasteiger charge is 2.27. The maximum absolute atomic E-state index is 13.6. The Morgan fingerprint density at radius 3 is 2.50 bits per heavy atom. The van der Waals surface area contributed by atoms with E-state index >= 15 is 0 Å². The van der Waals surface area contributed by atoms with Crippen molar-refractivity contribution in [3.8, 4) is 0 Å². The first-order valence-electron chi connectivity index (χ1n) is 12.9. The van der Waals surface area contributed by atoms with Gasteiger partial charge in [0.05, 0.1) is 34.3 Å². The molecule has 0 bridgehead atoms. The number of methoxy groups -OCH3 is 1. The Balaban J connectivity index is 0.00000304. The molecular weight excluding hydrogens is 478 g/mol. The number of amides is 1. The molecule has 0 atom stereocenters. The number of benzene rings is 1. The van der Waals surface area contributed by atoms with Crippen molar-refractivity contribution in [2.45, 2.75) is 64.5 Å². The number of carbonyl (C=O) groups is 1. The summed E-state index contributed by atoms with van der Waals surface area (Å²) in [6.07, 6.45) is 7.17. The quantitative estimate of drug-likeness (QED) is 0.529. The van der Waals surface area contributed by atoms with Crippen molar-refractivity contribution in [1.29, 1.82) is 0 Å². The van der Waals surface area contributed by atoms with Crippen molar-refractivity contribution in [3.63, 3.8) is 0 Å². The Morgan fingerprint density at radius 2 is 1.83 bits per heavy atom. The van der Waals surface area contributed by atoms with E-state index < -0.39 is 0 Å². The molecule has 5 rings (SSSR count). The number of piperazine rings is 1. The van der Waals surface area contributed by atoms with Crippen LogP contribution in [-0.4, -0.2) is 75.9 Å². The van der Waals surface area contributed by atoms with E-state index in [2.05, 4.69) is 28.8 Å². The summed E-state index contributed by atoms with van der Waals surface area (Å²) in [5.41, 5.74) is 2.96. The van der Waals surface area contributed by atoms with Gasteiger partial charge in [-0.25, -0.2) is 0 Å². The zero-order chi connectivity index (χ0) is 24.7. The van der Waals surface area contributed by atoms with Crippen LogP contribution in [0.2, 0.25) is 0 Å². The number of aryl methyl sites for hydroxylation is 1. The third-order valence-corrected chi connectivity index (χ3v) is 8.05. The molecule has 196 valence electrons. The number of H-pyrrole nitrogens is 1. The summed E-state index contributed by atoms with van der Waals surface area (Å²) in [4.78, 5) is 33.8. The van der Waals surface area contributed by atoms with Crippen molar-refractivity contribution in [3.05, 3.63) is 39.8 Å². The second-order valence-corrected chi connectivity index (χ2v) is 10.8. The van der Waals surface area contributed by atoms with Crippen molar-refractivity contribution in [1.82, 2.24) is 24.6 Å². The van der Waals surface area contributed by atoms with Gasteiger partial charge >= 0.3 is 0 Å². The molecule has 3 heterocycles. The number of hydrogen-bond donors (Lipinski definition) is 1. The smallest absolute Gasteiger partial charge is 0.259 e. The molecule has 0 spiro atoms. The minimum atomic E-state index is -0.132.